The fraction of sp³-hybridized carbons (Fsp3) is 0.273. The third-order valence-electron chi connectivity index (χ3n) is 8.45. The van der Waals surface area contributed by atoms with E-state index in [-0.39, 0.29) is 23.4 Å². The predicted octanol–water partition coefficient (Wildman–Crippen LogP) is -2.81. The van der Waals surface area contributed by atoms with Gasteiger partial charge in [-0.25, -0.2) is 0 Å². The van der Waals surface area contributed by atoms with Gasteiger partial charge in [0.05, 0.1) is 5.44 Å². The summed E-state index contributed by atoms with van der Waals surface area (Å²) in [5.74, 6) is -7.82. The first-order valence-corrected chi connectivity index (χ1v) is 12.7. The molecule has 2 aliphatic heterocycles. The Kier molecular flexibility index (Phi) is 7.14. The number of hydrogen-bond donors (Lipinski definition) is 0. The minimum Gasteiger partial charge on any atom is -0.389 e. The van der Waals surface area contributed by atoms with Gasteiger partial charge in [-0.3, -0.25) is 19.2 Å². The van der Waals surface area contributed by atoms with Crippen molar-refractivity contribution >= 4 is 82.6 Å². The number of rotatable bonds is 5. The molecule has 16 heteroatoms. The van der Waals surface area contributed by atoms with Crippen molar-refractivity contribution in [1.82, 2.24) is 14.5 Å². The molecule has 0 saturated carbocycles. The predicted molar refractivity (Wildman–Crippen MR) is 155 cm³/mol. The van der Waals surface area contributed by atoms with Crippen molar-refractivity contribution in [3.05, 3.63) is 69.7 Å². The van der Waals surface area contributed by atoms with Gasteiger partial charge >= 0.3 is 5.92 Å². The highest BCUT2D eigenvalue weighted by Crippen LogP contribution is 2.43. The lowest BCUT2D eigenvalue weighted by atomic mass is 9.48. The second-order valence-corrected chi connectivity index (χ2v) is 10.8. The van der Waals surface area contributed by atoms with E-state index in [2.05, 4.69) is 0 Å². The summed E-state index contributed by atoms with van der Waals surface area (Å²) in [6, 6.07) is 9.78. The lowest BCUT2D eigenvalue weighted by molar-refractivity contribution is -0.154. The van der Waals surface area contributed by atoms with E-state index >= 15 is 0 Å². The van der Waals surface area contributed by atoms with Gasteiger partial charge in [0.25, 0.3) is 11.8 Å². The second-order valence-electron chi connectivity index (χ2n) is 10.4. The van der Waals surface area contributed by atoms with Gasteiger partial charge in [0, 0.05) is 34.5 Å². The lowest BCUT2D eigenvalue weighted by Crippen LogP contribution is -2.68. The first-order chi connectivity index (χ1) is 17.6. The molecule has 0 aromatic heterocycles. The number of alkyl halides is 2. The molecule has 2 aliphatic rings. The van der Waals surface area contributed by atoms with Gasteiger partial charge in [-0.1, -0.05) is 35.9 Å². The Bertz CT molecular complexity index is 1350. The highest BCUT2D eigenvalue weighted by molar-refractivity contribution is 6.47. The number of piperidine rings is 1. The van der Waals surface area contributed by atoms with E-state index in [1.807, 2.05) is 0 Å². The van der Waals surface area contributed by atoms with Crippen molar-refractivity contribution in [2.24, 2.45) is 0 Å². The Morgan fingerprint density at radius 1 is 1.13 bits per heavy atom. The van der Waals surface area contributed by atoms with Crippen molar-refractivity contribution in [3.8, 4) is 0 Å². The topological polar surface area (TPSA) is 78.0 Å². The maximum atomic E-state index is 15.0. The van der Waals surface area contributed by atoms with Crippen LogP contribution in [-0.4, -0.2) is 90.9 Å². The molecule has 1 fully saturated rings. The fourth-order valence-electron chi connectivity index (χ4n) is 5.38. The van der Waals surface area contributed by atoms with Crippen LogP contribution in [-0.2, 0) is 26.9 Å². The quantitative estimate of drug-likeness (QED) is 0.308. The molecule has 0 spiro atoms. The van der Waals surface area contributed by atoms with E-state index in [0.29, 0.717) is 16.7 Å². The molecule has 4 amide bonds. The zero-order valence-corrected chi connectivity index (χ0v) is 22.8. The van der Waals surface area contributed by atoms with Crippen molar-refractivity contribution in [2.75, 3.05) is 0 Å². The van der Waals surface area contributed by atoms with Gasteiger partial charge in [0.2, 0.25) is 27.8 Å². The number of fused-ring (bicyclic) bond motifs is 1. The minimum absolute atomic E-state index is 0.120. The number of amides is 4. The number of carbonyl (C=O) groups excluding carboxylic acids is 4. The van der Waals surface area contributed by atoms with Crippen LogP contribution in [0.15, 0.2) is 42.5 Å². The average molecular weight is 533 g/mol. The SMILES string of the molecule is BC1C(=O)N(B)C(=O)[C@@](B)(N2Cc3cc(C(B)N(B)C(=O)C(F)(F)c4ccc(Cl)cc4)ccc3C2=O)C1B. The van der Waals surface area contributed by atoms with Crippen molar-refractivity contribution in [3.63, 3.8) is 0 Å². The molecular formula is C22H24B6ClF2N3O4. The Morgan fingerprint density at radius 2 is 1.74 bits per heavy atom. The van der Waals surface area contributed by atoms with Crippen LogP contribution in [0.1, 0.15) is 33.0 Å². The summed E-state index contributed by atoms with van der Waals surface area (Å²) in [4.78, 5) is 55.5. The Balaban J connectivity index is 1.60. The van der Waals surface area contributed by atoms with Gasteiger partial charge in [-0.15, -0.1) is 0 Å². The van der Waals surface area contributed by atoms with E-state index in [4.69, 9.17) is 11.6 Å². The number of imide groups is 1. The zero-order chi connectivity index (χ0) is 28.3. The Morgan fingerprint density at radius 3 is 2.34 bits per heavy atom. The van der Waals surface area contributed by atoms with Crippen molar-refractivity contribution in [2.45, 2.75) is 35.5 Å². The van der Waals surface area contributed by atoms with E-state index in [9.17, 15) is 28.0 Å². The number of halogens is 3. The third kappa shape index (κ3) is 4.19. The second kappa shape index (κ2) is 9.67. The molecule has 38 heavy (non-hydrogen) atoms. The highest BCUT2D eigenvalue weighted by Gasteiger charge is 2.56. The molecule has 1 saturated heterocycles. The number of hydrogen-bond acceptors (Lipinski definition) is 4. The summed E-state index contributed by atoms with van der Waals surface area (Å²) in [7, 11) is 9.57. The lowest BCUT2D eigenvalue weighted by Gasteiger charge is -2.50. The first kappa shape index (κ1) is 28.1. The zero-order valence-electron chi connectivity index (χ0n) is 22.1. The fourth-order valence-corrected chi connectivity index (χ4v) is 5.51. The monoisotopic (exact) mass is 533 g/mol. The Labute approximate surface area is 230 Å². The van der Waals surface area contributed by atoms with E-state index in [1.54, 1.807) is 49.6 Å². The van der Waals surface area contributed by atoms with E-state index in [0.717, 1.165) is 21.8 Å². The molecule has 190 valence electrons. The summed E-state index contributed by atoms with van der Waals surface area (Å²) in [6.07, 6.45) is 0. The molecule has 0 N–H and O–H groups in total. The van der Waals surface area contributed by atoms with Crippen LogP contribution in [0.2, 0.25) is 16.7 Å². The molecule has 4 rings (SSSR count). The first-order valence-electron chi connectivity index (χ1n) is 12.3. The third-order valence-corrected chi connectivity index (χ3v) is 8.70. The van der Waals surface area contributed by atoms with Crippen LogP contribution in [0.3, 0.4) is 0 Å². The minimum atomic E-state index is -3.76. The van der Waals surface area contributed by atoms with Gasteiger partial charge in [0.1, 0.15) is 31.4 Å². The molecule has 2 aromatic carbocycles. The van der Waals surface area contributed by atoms with Crippen LogP contribution in [0.5, 0.6) is 0 Å². The summed E-state index contributed by atoms with van der Waals surface area (Å²) in [5.41, 5.74) is -0.113. The normalized spacial score (nSPS) is 24.3. The molecule has 0 aliphatic carbocycles. The summed E-state index contributed by atoms with van der Waals surface area (Å²) < 4.78 is 30.0. The van der Waals surface area contributed by atoms with Crippen LogP contribution < -0.4 is 0 Å². The summed E-state index contributed by atoms with van der Waals surface area (Å²) >= 11 is 5.79. The van der Waals surface area contributed by atoms with Gasteiger partial charge in [-0.2, -0.15) is 8.78 Å². The van der Waals surface area contributed by atoms with Crippen molar-refractivity contribution in [1.29, 1.82) is 0 Å². The molecule has 7 nitrogen and oxygen atoms in total. The highest BCUT2D eigenvalue weighted by atomic mass is 35.5. The van der Waals surface area contributed by atoms with Gasteiger partial charge in [-0.05, 0) is 35.1 Å². The van der Waals surface area contributed by atoms with Crippen molar-refractivity contribution < 1.29 is 28.0 Å². The van der Waals surface area contributed by atoms with Crippen LogP contribution >= 0.6 is 11.6 Å². The number of benzene rings is 2. The standard InChI is InChI=1S/C22H24B6ClF2N3O4/c23-14-15(24)21(26,19(37)34(28)18(14)36)32-8-10-7-9(1-6-13(10)17(32)35)16(25)33(27)20(38)22(30,31)11-2-4-12(29)5-3-11/h1-7,14-16H,8,23-28H2/t14?,15?,16?,21-/m0/s1. The summed E-state index contributed by atoms with van der Waals surface area (Å²) in [6.45, 7) is 0.120. The number of carbonyl (C=O) groups is 4. The molecule has 0 radical (unpaired) electrons. The van der Waals surface area contributed by atoms with Crippen LogP contribution in [0.4, 0.5) is 8.78 Å². The molecule has 0 bridgehead atoms. The molecular weight excluding hydrogens is 509 g/mol. The molecule has 2 aromatic rings. The van der Waals surface area contributed by atoms with Gasteiger partial charge < -0.3 is 14.5 Å². The Hall–Kier alpha value is -2.94. The van der Waals surface area contributed by atoms with Gasteiger partial charge in [0.15, 0.2) is 0 Å². The molecule has 3 unspecified atom stereocenters. The van der Waals surface area contributed by atoms with Crippen LogP contribution in [0.25, 0.3) is 0 Å². The maximum absolute atomic E-state index is 15.0. The molecule has 2 heterocycles. The molecule has 4 atom stereocenters. The number of nitrogens with zero attached hydrogens (tertiary/aromatic N) is 3. The van der Waals surface area contributed by atoms with E-state index in [1.165, 1.54) is 33.0 Å². The smallest absolute Gasteiger partial charge is 0.348 e. The maximum Gasteiger partial charge on any atom is 0.348 e. The van der Waals surface area contributed by atoms with Crippen LogP contribution in [0, 0.1) is 0 Å². The summed E-state index contributed by atoms with van der Waals surface area (Å²) in [5, 5.41) is 0.284. The average Bonchev–Trinajstić information content (AvgIpc) is 3.24. The van der Waals surface area contributed by atoms with E-state index < -0.39 is 46.3 Å². The largest absolute Gasteiger partial charge is 0.389 e.